The lowest BCUT2D eigenvalue weighted by Gasteiger charge is -2.10. The van der Waals surface area contributed by atoms with Crippen molar-refractivity contribution in [3.8, 4) is 5.75 Å². The van der Waals surface area contributed by atoms with E-state index in [1.165, 1.54) is 17.4 Å². The van der Waals surface area contributed by atoms with Crippen molar-refractivity contribution in [1.29, 1.82) is 0 Å². The molecule has 0 fully saturated rings. The lowest BCUT2D eigenvalue weighted by molar-refractivity contribution is 0.0917. The number of nitrogens with one attached hydrogen (secondary N) is 1. The predicted octanol–water partition coefficient (Wildman–Crippen LogP) is 2.88. The Labute approximate surface area is 125 Å². The largest absolute Gasteiger partial charge is 0.508 e. The molecule has 4 nitrogen and oxygen atoms in total. The number of hydrogen-bond acceptors (Lipinski definition) is 4. The Balaban J connectivity index is 1.96. The van der Waals surface area contributed by atoms with Crippen molar-refractivity contribution in [3.63, 3.8) is 0 Å². The van der Waals surface area contributed by atoms with Crippen LogP contribution in [0.5, 0.6) is 5.75 Å². The van der Waals surface area contributed by atoms with Gasteiger partial charge in [0.2, 0.25) is 0 Å². The van der Waals surface area contributed by atoms with Gasteiger partial charge >= 0.3 is 0 Å². The zero-order valence-electron chi connectivity index (χ0n) is 10.8. The van der Waals surface area contributed by atoms with Crippen molar-refractivity contribution in [3.05, 3.63) is 50.7 Å². The smallest absolute Gasteiger partial charge is 0.251 e. The fraction of sp³-hybridized carbons (Fsp3) is 0.214. The quantitative estimate of drug-likeness (QED) is 0.813. The van der Waals surface area contributed by atoms with Gasteiger partial charge < -0.3 is 15.5 Å². The third kappa shape index (κ3) is 3.50. The van der Waals surface area contributed by atoms with E-state index in [9.17, 15) is 15.0 Å². The molecule has 6 heteroatoms. The Hall–Kier alpha value is -1.56. The van der Waals surface area contributed by atoms with Gasteiger partial charge in [-0.2, -0.15) is 0 Å². The monoisotopic (exact) mass is 311 g/mol. The first kappa shape index (κ1) is 14.8. The fourth-order valence-electron chi connectivity index (χ4n) is 1.65. The van der Waals surface area contributed by atoms with Crippen molar-refractivity contribution >= 4 is 28.8 Å². The molecule has 106 valence electrons. The van der Waals surface area contributed by atoms with Crippen LogP contribution in [0.15, 0.2) is 30.3 Å². The number of carbonyl (C=O) groups excluding carboxylic acids is 1. The Bertz CT molecular complexity index is 627. The molecule has 0 spiro atoms. The van der Waals surface area contributed by atoms with Gasteiger partial charge in [-0.15, -0.1) is 11.3 Å². The summed E-state index contributed by atoms with van der Waals surface area (Å²) < 4.78 is 0.592. The van der Waals surface area contributed by atoms with E-state index in [0.717, 1.165) is 0 Å². The molecule has 0 saturated heterocycles. The lowest BCUT2D eigenvalue weighted by atomic mass is 10.1. The van der Waals surface area contributed by atoms with Crippen LogP contribution in [-0.2, 0) is 0 Å². The number of aryl methyl sites for hydroxylation is 1. The molecule has 1 atom stereocenters. The SMILES string of the molecule is Cc1ccc(C(=O)NCC(O)c2ccc(Cl)s2)cc1O. The molecular weight excluding hydrogens is 298 g/mol. The van der Waals surface area contributed by atoms with Crippen LogP contribution in [0, 0.1) is 6.92 Å². The van der Waals surface area contributed by atoms with Crippen LogP contribution < -0.4 is 5.32 Å². The molecule has 0 bridgehead atoms. The summed E-state index contributed by atoms with van der Waals surface area (Å²) >= 11 is 7.06. The minimum Gasteiger partial charge on any atom is -0.508 e. The number of hydrogen-bond donors (Lipinski definition) is 3. The predicted molar refractivity (Wildman–Crippen MR) is 79.5 cm³/mol. The molecule has 0 aliphatic rings. The van der Waals surface area contributed by atoms with Crippen molar-refractivity contribution in [2.75, 3.05) is 6.54 Å². The second kappa shape index (κ2) is 6.26. The molecule has 0 radical (unpaired) electrons. The number of aliphatic hydroxyl groups excluding tert-OH is 1. The molecule has 20 heavy (non-hydrogen) atoms. The van der Waals surface area contributed by atoms with Gasteiger partial charge in [0.1, 0.15) is 11.9 Å². The summed E-state index contributed by atoms with van der Waals surface area (Å²) in [5.74, 6) is -0.273. The number of benzene rings is 1. The molecule has 2 rings (SSSR count). The lowest BCUT2D eigenvalue weighted by Crippen LogP contribution is -2.28. The number of rotatable bonds is 4. The highest BCUT2D eigenvalue weighted by molar-refractivity contribution is 7.16. The summed E-state index contributed by atoms with van der Waals surface area (Å²) in [5.41, 5.74) is 1.05. The normalized spacial score (nSPS) is 12.2. The van der Waals surface area contributed by atoms with Crippen LogP contribution in [-0.4, -0.2) is 22.7 Å². The van der Waals surface area contributed by atoms with Crippen LogP contribution in [0.25, 0.3) is 0 Å². The van der Waals surface area contributed by atoms with Gasteiger partial charge in [-0.05, 0) is 36.8 Å². The molecule has 1 unspecified atom stereocenters. The van der Waals surface area contributed by atoms with Crippen molar-refractivity contribution < 1.29 is 15.0 Å². The Kier molecular flexibility index (Phi) is 4.65. The number of phenols is 1. The number of aliphatic hydroxyl groups is 1. The highest BCUT2D eigenvalue weighted by Gasteiger charge is 2.13. The second-order valence-electron chi connectivity index (χ2n) is 4.37. The number of amides is 1. The minimum absolute atomic E-state index is 0.0724. The van der Waals surface area contributed by atoms with Crippen LogP contribution in [0.1, 0.15) is 26.9 Å². The van der Waals surface area contributed by atoms with E-state index in [1.807, 2.05) is 0 Å². The van der Waals surface area contributed by atoms with Crippen molar-refractivity contribution in [2.45, 2.75) is 13.0 Å². The topological polar surface area (TPSA) is 69.6 Å². The van der Waals surface area contributed by atoms with Crippen molar-refractivity contribution in [2.24, 2.45) is 0 Å². The third-order valence-electron chi connectivity index (χ3n) is 2.85. The van der Waals surface area contributed by atoms with E-state index >= 15 is 0 Å². The maximum Gasteiger partial charge on any atom is 0.251 e. The average molecular weight is 312 g/mol. The van der Waals surface area contributed by atoms with E-state index in [4.69, 9.17) is 11.6 Å². The van der Waals surface area contributed by atoms with E-state index in [2.05, 4.69) is 5.32 Å². The van der Waals surface area contributed by atoms with E-state index < -0.39 is 6.10 Å². The molecule has 0 aliphatic heterocycles. The summed E-state index contributed by atoms with van der Waals surface area (Å²) in [4.78, 5) is 12.6. The maximum absolute atomic E-state index is 11.9. The van der Waals surface area contributed by atoms with E-state index in [1.54, 1.807) is 31.2 Å². The van der Waals surface area contributed by atoms with Gasteiger partial charge in [-0.25, -0.2) is 0 Å². The van der Waals surface area contributed by atoms with Gasteiger partial charge in [0, 0.05) is 17.0 Å². The highest BCUT2D eigenvalue weighted by atomic mass is 35.5. The average Bonchev–Trinajstić information content (AvgIpc) is 2.85. The Morgan fingerprint density at radius 1 is 1.40 bits per heavy atom. The molecule has 1 amide bonds. The number of thiophene rings is 1. The van der Waals surface area contributed by atoms with Gasteiger partial charge in [0.05, 0.1) is 4.34 Å². The van der Waals surface area contributed by atoms with Crippen LogP contribution in [0.3, 0.4) is 0 Å². The van der Waals surface area contributed by atoms with Crippen molar-refractivity contribution in [1.82, 2.24) is 5.32 Å². The summed E-state index contributed by atoms with van der Waals surface area (Å²) in [5, 5.41) is 22.1. The maximum atomic E-state index is 11.9. The van der Waals surface area contributed by atoms with Gasteiger partial charge in [-0.3, -0.25) is 4.79 Å². The summed E-state index contributed by atoms with van der Waals surface area (Å²) in [6.45, 7) is 1.84. The highest BCUT2D eigenvalue weighted by Crippen LogP contribution is 2.26. The fourth-order valence-corrected chi connectivity index (χ4v) is 2.70. The summed E-state index contributed by atoms with van der Waals surface area (Å²) in [6.07, 6.45) is -0.796. The van der Waals surface area contributed by atoms with Crippen LogP contribution in [0.2, 0.25) is 4.34 Å². The Morgan fingerprint density at radius 3 is 2.75 bits per heavy atom. The molecule has 1 aromatic carbocycles. The minimum atomic E-state index is -0.796. The van der Waals surface area contributed by atoms with E-state index in [-0.39, 0.29) is 18.2 Å². The van der Waals surface area contributed by atoms with Gasteiger partial charge in [0.25, 0.3) is 5.91 Å². The molecule has 1 heterocycles. The van der Waals surface area contributed by atoms with Crippen LogP contribution >= 0.6 is 22.9 Å². The molecule has 3 N–H and O–H groups in total. The third-order valence-corrected chi connectivity index (χ3v) is 4.18. The first-order valence-corrected chi connectivity index (χ1v) is 7.18. The zero-order chi connectivity index (χ0) is 14.7. The number of aromatic hydroxyl groups is 1. The van der Waals surface area contributed by atoms with Gasteiger partial charge in [-0.1, -0.05) is 17.7 Å². The van der Waals surface area contributed by atoms with Gasteiger partial charge in [0.15, 0.2) is 0 Å². The van der Waals surface area contributed by atoms with Crippen LogP contribution in [0.4, 0.5) is 0 Å². The number of halogens is 1. The zero-order valence-corrected chi connectivity index (χ0v) is 12.3. The Morgan fingerprint density at radius 2 is 2.15 bits per heavy atom. The number of phenolic OH excluding ortho intramolecular Hbond substituents is 1. The molecule has 0 saturated carbocycles. The summed E-state index contributed by atoms with van der Waals surface area (Å²) in [6, 6.07) is 8.11. The molecular formula is C14H14ClNO3S. The second-order valence-corrected chi connectivity index (χ2v) is 6.12. The molecule has 1 aromatic heterocycles. The number of carbonyl (C=O) groups is 1. The summed E-state index contributed by atoms with van der Waals surface area (Å²) in [7, 11) is 0. The molecule has 0 aliphatic carbocycles. The first-order valence-electron chi connectivity index (χ1n) is 5.98. The molecule has 2 aromatic rings. The van der Waals surface area contributed by atoms with E-state index in [0.29, 0.717) is 20.3 Å². The standard InChI is InChI=1S/C14H14ClNO3S/c1-8-2-3-9(6-10(8)17)14(19)16-7-11(18)12-4-5-13(15)20-12/h2-6,11,17-18H,7H2,1H3,(H,16,19). The first-order chi connectivity index (χ1) is 9.47.